The lowest BCUT2D eigenvalue weighted by atomic mass is 10.1. The summed E-state index contributed by atoms with van der Waals surface area (Å²) in [6, 6.07) is 20.3. The first-order valence-electron chi connectivity index (χ1n) is 10.5. The van der Waals surface area contributed by atoms with E-state index in [1.54, 1.807) is 18.2 Å². The van der Waals surface area contributed by atoms with Gasteiger partial charge in [0.1, 0.15) is 17.5 Å². The second kappa shape index (κ2) is 8.38. The number of hydrogen-bond donors (Lipinski definition) is 2. The summed E-state index contributed by atoms with van der Waals surface area (Å²) in [5.41, 5.74) is 4.32. The zero-order valence-corrected chi connectivity index (χ0v) is 17.2. The third kappa shape index (κ3) is 4.17. The normalized spacial score (nSPS) is 14.9. The van der Waals surface area contributed by atoms with Crippen molar-refractivity contribution in [3.63, 3.8) is 0 Å². The minimum absolute atomic E-state index is 0.0918. The lowest BCUT2D eigenvalue weighted by molar-refractivity contribution is -0.115. The number of fused-ring (bicyclic) bond motifs is 2. The number of carbonyl (C=O) groups is 1. The van der Waals surface area contributed by atoms with Gasteiger partial charge in [0.2, 0.25) is 5.91 Å². The second-order valence-corrected chi connectivity index (χ2v) is 8.00. The van der Waals surface area contributed by atoms with E-state index >= 15 is 0 Å². The summed E-state index contributed by atoms with van der Waals surface area (Å²) in [4.78, 5) is 17.2. The Morgan fingerprint density at radius 1 is 0.969 bits per heavy atom. The molecule has 0 saturated heterocycles. The molecule has 1 aromatic heterocycles. The Morgan fingerprint density at radius 2 is 1.78 bits per heavy atom. The Balaban J connectivity index is 1.33. The van der Waals surface area contributed by atoms with E-state index in [4.69, 9.17) is 4.98 Å². The van der Waals surface area contributed by atoms with E-state index in [0.717, 1.165) is 46.3 Å². The van der Waals surface area contributed by atoms with Crippen LogP contribution in [0.5, 0.6) is 0 Å². The summed E-state index contributed by atoms with van der Waals surface area (Å²) in [5, 5.41) is 7.22. The molecule has 1 aliphatic rings. The van der Waals surface area contributed by atoms with Crippen molar-refractivity contribution in [1.29, 1.82) is 0 Å². The molecule has 0 radical (unpaired) electrons. The zero-order valence-electron chi connectivity index (χ0n) is 17.2. The molecule has 1 atom stereocenters. The number of benzene rings is 3. The summed E-state index contributed by atoms with van der Waals surface area (Å²) in [5.74, 6) is 0.0183. The van der Waals surface area contributed by atoms with Crippen LogP contribution >= 0.6 is 0 Å². The van der Waals surface area contributed by atoms with Crippen LogP contribution in [0.1, 0.15) is 29.2 Å². The van der Waals surface area contributed by atoms with Crippen molar-refractivity contribution in [3.8, 4) is 0 Å². The summed E-state index contributed by atoms with van der Waals surface area (Å²) < 4.78 is 26.5. The molecule has 32 heavy (non-hydrogen) atoms. The third-order valence-electron chi connectivity index (χ3n) is 5.79. The minimum Gasteiger partial charge on any atom is -0.363 e. The van der Waals surface area contributed by atoms with E-state index in [0.29, 0.717) is 5.69 Å². The Labute approximate surface area is 184 Å². The zero-order chi connectivity index (χ0) is 22.1. The van der Waals surface area contributed by atoms with Gasteiger partial charge in [0.15, 0.2) is 0 Å². The molecule has 0 spiro atoms. The summed E-state index contributed by atoms with van der Waals surface area (Å²) >= 11 is 0. The first-order valence-corrected chi connectivity index (χ1v) is 10.5. The number of halogens is 2. The Morgan fingerprint density at radius 3 is 2.62 bits per heavy atom. The number of aromatic nitrogens is 1. The van der Waals surface area contributed by atoms with Gasteiger partial charge in [-0.25, -0.2) is 13.8 Å². The van der Waals surface area contributed by atoms with Crippen LogP contribution in [-0.4, -0.2) is 10.9 Å². The highest BCUT2D eigenvalue weighted by Gasteiger charge is 2.23. The van der Waals surface area contributed by atoms with E-state index < -0.39 is 0 Å². The van der Waals surface area contributed by atoms with Crippen LogP contribution in [0.25, 0.3) is 10.9 Å². The van der Waals surface area contributed by atoms with Crippen molar-refractivity contribution in [2.45, 2.75) is 25.3 Å². The molecule has 1 unspecified atom stereocenters. The number of carbonyl (C=O) groups excluding carboxylic acids is 1. The monoisotopic (exact) mass is 429 g/mol. The lowest BCUT2D eigenvalue weighted by Crippen LogP contribution is -2.14. The van der Waals surface area contributed by atoms with Crippen molar-refractivity contribution in [2.75, 3.05) is 10.6 Å². The van der Waals surface area contributed by atoms with E-state index in [1.165, 1.54) is 18.2 Å². The Hall–Kier alpha value is -3.80. The fourth-order valence-electron chi connectivity index (χ4n) is 4.24. The molecule has 1 heterocycles. The fourth-order valence-corrected chi connectivity index (χ4v) is 4.24. The van der Waals surface area contributed by atoms with Crippen LogP contribution in [0.3, 0.4) is 0 Å². The van der Waals surface area contributed by atoms with Crippen molar-refractivity contribution < 1.29 is 13.6 Å². The number of nitrogens with zero attached hydrogens (tertiary/aromatic N) is 1. The molecule has 160 valence electrons. The van der Waals surface area contributed by atoms with Crippen LogP contribution in [0.15, 0.2) is 72.8 Å². The van der Waals surface area contributed by atoms with Crippen molar-refractivity contribution in [3.05, 3.63) is 101 Å². The standard InChI is InChI=1S/C26H21F2N3O/c27-18-7-4-16(5-8-18)14-26(32)31-23-3-1-2-22-21(23)11-13-25(29-22)30-24-12-6-17-15-19(28)9-10-20(17)24/h1-5,7-11,13,15,24H,6,12,14H2,(H,29,30)(H,31,32). The third-order valence-corrected chi connectivity index (χ3v) is 5.79. The number of nitrogens with one attached hydrogen (secondary N) is 2. The van der Waals surface area contributed by atoms with Crippen LogP contribution < -0.4 is 10.6 Å². The van der Waals surface area contributed by atoms with Crippen LogP contribution in [0.2, 0.25) is 0 Å². The fraction of sp³-hybridized carbons (Fsp3) is 0.154. The van der Waals surface area contributed by atoms with Gasteiger partial charge in [0, 0.05) is 5.39 Å². The van der Waals surface area contributed by atoms with E-state index in [1.807, 2.05) is 36.4 Å². The summed E-state index contributed by atoms with van der Waals surface area (Å²) in [6.45, 7) is 0. The molecule has 6 heteroatoms. The van der Waals surface area contributed by atoms with Gasteiger partial charge in [-0.05, 0) is 78.1 Å². The highest BCUT2D eigenvalue weighted by molar-refractivity contribution is 6.01. The average molecular weight is 429 g/mol. The van der Waals surface area contributed by atoms with Gasteiger partial charge in [-0.3, -0.25) is 4.79 Å². The molecule has 1 amide bonds. The molecule has 0 saturated carbocycles. The first kappa shape index (κ1) is 20.1. The maximum Gasteiger partial charge on any atom is 0.228 e. The predicted molar refractivity (Wildman–Crippen MR) is 122 cm³/mol. The summed E-state index contributed by atoms with van der Waals surface area (Å²) in [7, 11) is 0. The quantitative estimate of drug-likeness (QED) is 0.422. The minimum atomic E-state index is -0.327. The number of anilines is 2. The second-order valence-electron chi connectivity index (χ2n) is 8.00. The maximum atomic E-state index is 13.5. The van der Waals surface area contributed by atoms with Crippen LogP contribution in [0.4, 0.5) is 20.3 Å². The first-order chi connectivity index (χ1) is 15.5. The molecular formula is C26H21F2N3O. The molecule has 1 aliphatic carbocycles. The molecule has 5 rings (SSSR count). The average Bonchev–Trinajstić information content (AvgIpc) is 3.17. The molecule has 0 bridgehead atoms. The molecule has 0 aliphatic heterocycles. The molecule has 0 fully saturated rings. The highest BCUT2D eigenvalue weighted by Crippen LogP contribution is 2.34. The van der Waals surface area contributed by atoms with Gasteiger partial charge in [-0.15, -0.1) is 0 Å². The topological polar surface area (TPSA) is 54.0 Å². The van der Waals surface area contributed by atoms with Crippen LogP contribution in [-0.2, 0) is 17.6 Å². The molecule has 3 aromatic carbocycles. The molecule has 4 nitrogen and oxygen atoms in total. The number of pyridine rings is 1. The maximum absolute atomic E-state index is 13.5. The van der Waals surface area contributed by atoms with E-state index in [9.17, 15) is 13.6 Å². The van der Waals surface area contributed by atoms with Crippen LogP contribution in [0, 0.1) is 11.6 Å². The molecule has 2 N–H and O–H groups in total. The number of rotatable bonds is 5. The molecular weight excluding hydrogens is 408 g/mol. The van der Waals surface area contributed by atoms with Gasteiger partial charge in [0.25, 0.3) is 0 Å². The van der Waals surface area contributed by atoms with Gasteiger partial charge in [0.05, 0.1) is 23.7 Å². The number of amides is 1. The molecule has 4 aromatic rings. The van der Waals surface area contributed by atoms with Crippen molar-refractivity contribution in [2.24, 2.45) is 0 Å². The van der Waals surface area contributed by atoms with Gasteiger partial charge >= 0.3 is 0 Å². The van der Waals surface area contributed by atoms with Gasteiger partial charge in [-0.1, -0.05) is 24.3 Å². The van der Waals surface area contributed by atoms with Crippen molar-refractivity contribution >= 4 is 28.3 Å². The number of aryl methyl sites for hydroxylation is 1. The summed E-state index contributed by atoms with van der Waals surface area (Å²) in [6.07, 6.45) is 1.88. The van der Waals surface area contributed by atoms with E-state index in [-0.39, 0.29) is 30.0 Å². The Kier molecular flexibility index (Phi) is 5.27. The largest absolute Gasteiger partial charge is 0.363 e. The van der Waals surface area contributed by atoms with Gasteiger partial charge < -0.3 is 10.6 Å². The lowest BCUT2D eigenvalue weighted by Gasteiger charge is -2.16. The van der Waals surface area contributed by atoms with E-state index in [2.05, 4.69) is 10.6 Å². The van der Waals surface area contributed by atoms with Gasteiger partial charge in [-0.2, -0.15) is 0 Å². The van der Waals surface area contributed by atoms with Crippen molar-refractivity contribution in [1.82, 2.24) is 4.98 Å². The highest BCUT2D eigenvalue weighted by atomic mass is 19.1. The number of hydrogen-bond acceptors (Lipinski definition) is 3. The smallest absolute Gasteiger partial charge is 0.228 e. The Bertz CT molecular complexity index is 1300. The predicted octanol–water partition coefficient (Wildman–Crippen LogP) is 5.79. The SMILES string of the molecule is O=C(Cc1ccc(F)cc1)Nc1cccc2nc(NC3CCc4cc(F)ccc43)ccc12.